The van der Waals surface area contributed by atoms with Gasteiger partial charge in [-0.15, -0.1) is 5.10 Å². The predicted octanol–water partition coefficient (Wildman–Crippen LogP) is 0.203. The minimum Gasteiger partial charge on any atom is -0.292 e. The average Bonchev–Trinajstić information content (AvgIpc) is 2.36. The number of aromatic amines is 1. The Kier molecular flexibility index (Phi) is 2.43. The second kappa shape index (κ2) is 3.34. The number of aryl methyl sites for hydroxylation is 1. The molecular formula is C6H13N5. The molecular weight excluding hydrogens is 142 g/mol. The summed E-state index contributed by atoms with van der Waals surface area (Å²) in [6, 6.07) is 0. The maximum atomic E-state index is 5.66. The highest BCUT2D eigenvalue weighted by Gasteiger charge is 2.06. The number of aromatic nitrogens is 3. The molecule has 5 heteroatoms. The van der Waals surface area contributed by atoms with Crippen LogP contribution >= 0.6 is 0 Å². The third kappa shape index (κ3) is 1.68. The Morgan fingerprint density at radius 2 is 2.27 bits per heavy atom. The second-order valence-corrected chi connectivity index (χ2v) is 2.43. The van der Waals surface area contributed by atoms with E-state index >= 15 is 0 Å². The summed E-state index contributed by atoms with van der Waals surface area (Å²) in [5, 5.41) is 11.9. The van der Waals surface area contributed by atoms with Crippen LogP contribution in [0.3, 0.4) is 0 Å². The van der Waals surface area contributed by atoms with Crippen LogP contribution in [0.5, 0.6) is 0 Å². The molecule has 1 rings (SSSR count). The molecule has 0 aromatic carbocycles. The molecule has 0 aliphatic heterocycles. The van der Waals surface area contributed by atoms with Crippen LogP contribution in [0.1, 0.15) is 19.0 Å². The van der Waals surface area contributed by atoms with E-state index in [4.69, 9.17) is 5.84 Å². The van der Waals surface area contributed by atoms with E-state index in [1.165, 1.54) is 0 Å². The Balaban J connectivity index is 2.67. The molecule has 0 aliphatic carbocycles. The second-order valence-electron chi connectivity index (χ2n) is 2.43. The topological polar surface area (TPSA) is 70.8 Å². The molecule has 0 amide bonds. The van der Waals surface area contributed by atoms with Crippen LogP contribution in [0.25, 0.3) is 0 Å². The Morgan fingerprint density at radius 1 is 1.55 bits per heavy atom. The van der Waals surface area contributed by atoms with Crippen LogP contribution in [-0.2, 0) is 0 Å². The van der Waals surface area contributed by atoms with Gasteiger partial charge in [0.15, 0.2) is 5.82 Å². The molecule has 0 saturated heterocycles. The summed E-state index contributed by atoms with van der Waals surface area (Å²) in [7, 11) is 0. The van der Waals surface area contributed by atoms with Gasteiger partial charge in [-0.1, -0.05) is 6.92 Å². The largest absolute Gasteiger partial charge is 0.292 e. The Bertz CT molecular complexity index is 219. The maximum absolute atomic E-state index is 5.66. The molecule has 0 unspecified atom stereocenters. The molecule has 62 valence electrons. The number of anilines is 1. The molecule has 0 aliphatic rings. The van der Waals surface area contributed by atoms with Gasteiger partial charge in [0.05, 0.1) is 0 Å². The molecule has 0 bridgehead atoms. The van der Waals surface area contributed by atoms with E-state index in [-0.39, 0.29) is 0 Å². The van der Waals surface area contributed by atoms with Crippen molar-refractivity contribution in [1.29, 1.82) is 0 Å². The zero-order chi connectivity index (χ0) is 8.27. The van der Waals surface area contributed by atoms with Crippen LogP contribution < -0.4 is 10.9 Å². The summed E-state index contributed by atoms with van der Waals surface area (Å²) in [4.78, 5) is 0. The maximum Gasteiger partial charge on any atom is 0.187 e. The van der Waals surface area contributed by atoms with Gasteiger partial charge in [0.25, 0.3) is 0 Å². The summed E-state index contributed by atoms with van der Waals surface area (Å²) in [6.45, 7) is 4.73. The number of nitrogens with one attached hydrogen (secondary N) is 1. The lowest BCUT2D eigenvalue weighted by molar-refractivity contribution is 0.784. The smallest absolute Gasteiger partial charge is 0.187 e. The quantitative estimate of drug-likeness (QED) is 0.483. The highest BCUT2D eigenvalue weighted by molar-refractivity contribution is 5.38. The zero-order valence-electron chi connectivity index (χ0n) is 6.83. The number of nitrogens with zero attached hydrogens (tertiary/aromatic N) is 3. The fourth-order valence-corrected chi connectivity index (χ4v) is 0.897. The number of hydrogen-bond acceptors (Lipinski definition) is 4. The Labute approximate surface area is 65.5 Å². The first-order valence-corrected chi connectivity index (χ1v) is 3.65. The van der Waals surface area contributed by atoms with E-state index in [0.29, 0.717) is 0 Å². The number of hydrogen-bond donors (Lipinski definition) is 2. The summed E-state index contributed by atoms with van der Waals surface area (Å²) in [5.41, 5.74) is 0.834. The number of nitrogens with two attached hydrogens (primary N) is 1. The SMILES string of the molecule is CCCN(N)c1n[nH]nc1C. The average molecular weight is 155 g/mol. The molecule has 0 atom stereocenters. The lowest BCUT2D eigenvalue weighted by Gasteiger charge is -2.13. The first kappa shape index (κ1) is 8.00. The zero-order valence-corrected chi connectivity index (χ0v) is 6.83. The minimum atomic E-state index is 0.729. The summed E-state index contributed by atoms with van der Waals surface area (Å²) in [6.07, 6.45) is 1.00. The standard InChI is InChI=1S/C6H13N5/c1-3-4-11(7)6-5(2)8-10-9-6/h3-4,7H2,1-2H3,(H,8,9,10). The van der Waals surface area contributed by atoms with Gasteiger partial charge in [-0.2, -0.15) is 10.3 Å². The van der Waals surface area contributed by atoms with Crippen molar-refractivity contribution in [2.45, 2.75) is 20.3 Å². The van der Waals surface area contributed by atoms with Crippen molar-refractivity contribution in [2.75, 3.05) is 11.6 Å². The van der Waals surface area contributed by atoms with Crippen molar-refractivity contribution in [1.82, 2.24) is 15.4 Å². The normalized spacial score (nSPS) is 10.1. The van der Waals surface area contributed by atoms with Gasteiger partial charge in [-0.3, -0.25) is 5.01 Å². The van der Waals surface area contributed by atoms with Gasteiger partial charge in [0.2, 0.25) is 0 Å². The van der Waals surface area contributed by atoms with Crippen LogP contribution in [0.2, 0.25) is 0 Å². The van der Waals surface area contributed by atoms with E-state index < -0.39 is 0 Å². The Morgan fingerprint density at radius 3 is 2.73 bits per heavy atom. The fraction of sp³-hybridized carbons (Fsp3) is 0.667. The van der Waals surface area contributed by atoms with Gasteiger partial charge in [-0.25, -0.2) is 5.84 Å². The van der Waals surface area contributed by atoms with Crippen molar-refractivity contribution in [3.8, 4) is 0 Å². The highest BCUT2D eigenvalue weighted by Crippen LogP contribution is 2.08. The third-order valence-electron chi connectivity index (χ3n) is 1.43. The monoisotopic (exact) mass is 155 g/mol. The summed E-state index contributed by atoms with van der Waals surface area (Å²) >= 11 is 0. The van der Waals surface area contributed by atoms with Gasteiger partial charge >= 0.3 is 0 Å². The molecule has 1 aromatic heterocycles. The van der Waals surface area contributed by atoms with E-state index in [0.717, 1.165) is 24.5 Å². The van der Waals surface area contributed by atoms with E-state index in [1.807, 2.05) is 6.92 Å². The first-order valence-electron chi connectivity index (χ1n) is 3.65. The molecule has 0 spiro atoms. The molecule has 3 N–H and O–H groups in total. The lowest BCUT2D eigenvalue weighted by atomic mass is 10.4. The molecule has 1 heterocycles. The van der Waals surface area contributed by atoms with Crippen molar-refractivity contribution in [3.63, 3.8) is 0 Å². The van der Waals surface area contributed by atoms with Crippen molar-refractivity contribution in [2.24, 2.45) is 5.84 Å². The van der Waals surface area contributed by atoms with Crippen molar-refractivity contribution < 1.29 is 0 Å². The van der Waals surface area contributed by atoms with Gasteiger partial charge in [0.1, 0.15) is 5.69 Å². The predicted molar refractivity (Wildman–Crippen MR) is 42.9 cm³/mol. The summed E-state index contributed by atoms with van der Waals surface area (Å²) in [5.74, 6) is 6.39. The Hall–Kier alpha value is -1.10. The molecule has 0 fully saturated rings. The number of H-pyrrole nitrogens is 1. The van der Waals surface area contributed by atoms with E-state index in [1.54, 1.807) is 5.01 Å². The third-order valence-corrected chi connectivity index (χ3v) is 1.43. The summed E-state index contributed by atoms with van der Waals surface area (Å²) < 4.78 is 0. The van der Waals surface area contributed by atoms with Crippen LogP contribution in [0.15, 0.2) is 0 Å². The van der Waals surface area contributed by atoms with E-state index in [2.05, 4.69) is 22.3 Å². The van der Waals surface area contributed by atoms with Crippen molar-refractivity contribution in [3.05, 3.63) is 5.69 Å². The van der Waals surface area contributed by atoms with Crippen LogP contribution in [0.4, 0.5) is 5.82 Å². The van der Waals surface area contributed by atoms with Gasteiger partial charge in [-0.05, 0) is 13.3 Å². The molecule has 0 radical (unpaired) electrons. The van der Waals surface area contributed by atoms with Gasteiger partial charge in [0, 0.05) is 6.54 Å². The molecule has 11 heavy (non-hydrogen) atoms. The number of hydrazine groups is 1. The van der Waals surface area contributed by atoms with Crippen molar-refractivity contribution >= 4 is 5.82 Å². The van der Waals surface area contributed by atoms with Crippen LogP contribution in [-0.4, -0.2) is 22.0 Å². The van der Waals surface area contributed by atoms with Gasteiger partial charge < -0.3 is 0 Å². The minimum absolute atomic E-state index is 0.729. The molecule has 5 nitrogen and oxygen atoms in total. The van der Waals surface area contributed by atoms with E-state index in [9.17, 15) is 0 Å². The highest BCUT2D eigenvalue weighted by atomic mass is 15.5. The first-order chi connectivity index (χ1) is 5.25. The number of rotatable bonds is 3. The molecule has 1 aromatic rings. The molecule has 0 saturated carbocycles. The van der Waals surface area contributed by atoms with Crippen LogP contribution in [0, 0.1) is 6.92 Å². The lowest BCUT2D eigenvalue weighted by Crippen LogP contribution is -2.32. The fourth-order valence-electron chi connectivity index (χ4n) is 0.897.